The molecule has 3 N–H and O–H groups in total. The van der Waals surface area contributed by atoms with E-state index in [-0.39, 0.29) is 5.91 Å². The van der Waals surface area contributed by atoms with Gasteiger partial charge in [-0.1, -0.05) is 24.3 Å². The summed E-state index contributed by atoms with van der Waals surface area (Å²) in [4.78, 5) is 12.1. The van der Waals surface area contributed by atoms with Gasteiger partial charge in [0.25, 0.3) is 0 Å². The summed E-state index contributed by atoms with van der Waals surface area (Å²) in [5.41, 5.74) is 8.90. The molecule has 1 heterocycles. The summed E-state index contributed by atoms with van der Waals surface area (Å²) in [5, 5.41) is 16.9. The number of benzene rings is 1. The van der Waals surface area contributed by atoms with Crippen LogP contribution >= 0.6 is 0 Å². The molecule has 134 valence electrons. The molecule has 1 aromatic heterocycles. The van der Waals surface area contributed by atoms with Crippen molar-refractivity contribution in [3.8, 4) is 11.8 Å². The fourth-order valence-electron chi connectivity index (χ4n) is 3.16. The molecule has 1 aliphatic rings. The number of para-hydroxylation sites is 1. The van der Waals surface area contributed by atoms with E-state index in [9.17, 15) is 10.1 Å². The third-order valence-electron chi connectivity index (χ3n) is 4.56. The number of carbonyl (C=O) groups is 1. The van der Waals surface area contributed by atoms with Crippen LogP contribution in [0.25, 0.3) is 5.69 Å². The molecule has 0 aliphatic heterocycles. The lowest BCUT2D eigenvalue weighted by molar-refractivity contribution is -0.117. The molecule has 26 heavy (non-hydrogen) atoms. The number of hydrogen-bond donors (Lipinski definition) is 2. The van der Waals surface area contributed by atoms with Gasteiger partial charge in [-0.05, 0) is 50.7 Å². The summed E-state index contributed by atoms with van der Waals surface area (Å²) in [6.45, 7) is 0.555. The number of nitrogens with two attached hydrogens (primary N) is 1. The van der Waals surface area contributed by atoms with Crippen molar-refractivity contribution >= 4 is 11.7 Å². The first-order valence-corrected chi connectivity index (χ1v) is 9.01. The monoisotopic (exact) mass is 349 g/mol. The summed E-state index contributed by atoms with van der Waals surface area (Å²) in [6, 6.07) is 11.7. The van der Waals surface area contributed by atoms with Crippen molar-refractivity contribution in [2.24, 2.45) is 0 Å². The summed E-state index contributed by atoms with van der Waals surface area (Å²) < 4.78 is 1.60. The van der Waals surface area contributed by atoms with Crippen LogP contribution in [0.15, 0.2) is 42.0 Å². The molecule has 1 aromatic carbocycles. The first-order chi connectivity index (χ1) is 12.7. The Morgan fingerprint density at radius 1 is 1.31 bits per heavy atom. The second-order valence-corrected chi connectivity index (χ2v) is 6.40. The molecule has 1 amide bonds. The van der Waals surface area contributed by atoms with Crippen LogP contribution in [0, 0.1) is 11.3 Å². The third kappa shape index (κ3) is 3.94. The van der Waals surface area contributed by atoms with Crippen molar-refractivity contribution in [1.82, 2.24) is 15.1 Å². The van der Waals surface area contributed by atoms with Crippen molar-refractivity contribution in [1.29, 1.82) is 5.26 Å². The highest BCUT2D eigenvalue weighted by molar-refractivity contribution is 5.93. The smallest absolute Gasteiger partial charge is 0.246 e. The number of rotatable bonds is 6. The predicted octanol–water partition coefficient (Wildman–Crippen LogP) is 2.88. The van der Waals surface area contributed by atoms with Gasteiger partial charge in [-0.3, -0.25) is 4.79 Å². The Kier molecular flexibility index (Phi) is 5.69. The van der Waals surface area contributed by atoms with Gasteiger partial charge in [0.2, 0.25) is 5.91 Å². The van der Waals surface area contributed by atoms with Crippen molar-refractivity contribution in [2.75, 3.05) is 12.3 Å². The summed E-state index contributed by atoms with van der Waals surface area (Å²) in [6.07, 6.45) is 7.44. The van der Waals surface area contributed by atoms with E-state index in [4.69, 9.17) is 5.73 Å². The second kappa shape index (κ2) is 8.34. The SMILES string of the molecule is N#Cc1c(CCCNC(=O)C2=CCCCC2)nn(-c2ccccc2)c1N. The average molecular weight is 349 g/mol. The predicted molar refractivity (Wildman–Crippen MR) is 101 cm³/mol. The number of anilines is 1. The number of hydrogen-bond acceptors (Lipinski definition) is 4. The van der Waals surface area contributed by atoms with Crippen LogP contribution in [0.4, 0.5) is 5.82 Å². The number of nitriles is 1. The minimum Gasteiger partial charge on any atom is -0.382 e. The zero-order valence-electron chi connectivity index (χ0n) is 14.7. The minimum absolute atomic E-state index is 0.0273. The van der Waals surface area contributed by atoms with Gasteiger partial charge in [0.05, 0.1) is 11.4 Å². The van der Waals surface area contributed by atoms with E-state index in [2.05, 4.69) is 16.5 Å². The van der Waals surface area contributed by atoms with Crippen LogP contribution in [-0.2, 0) is 11.2 Å². The zero-order valence-corrected chi connectivity index (χ0v) is 14.7. The molecule has 0 unspecified atom stereocenters. The van der Waals surface area contributed by atoms with Crippen molar-refractivity contribution < 1.29 is 4.79 Å². The van der Waals surface area contributed by atoms with E-state index in [1.807, 2.05) is 36.4 Å². The molecule has 0 bridgehead atoms. The number of nitrogens with one attached hydrogen (secondary N) is 1. The van der Waals surface area contributed by atoms with Crippen LogP contribution in [0.3, 0.4) is 0 Å². The average Bonchev–Trinajstić information content (AvgIpc) is 3.01. The maximum Gasteiger partial charge on any atom is 0.246 e. The van der Waals surface area contributed by atoms with Crippen molar-refractivity contribution in [3.05, 3.63) is 53.2 Å². The Bertz CT molecular complexity index is 845. The molecule has 0 saturated heterocycles. The highest BCUT2D eigenvalue weighted by Gasteiger charge is 2.16. The van der Waals surface area contributed by atoms with E-state index >= 15 is 0 Å². The first-order valence-electron chi connectivity index (χ1n) is 9.01. The van der Waals surface area contributed by atoms with E-state index < -0.39 is 0 Å². The molecule has 0 radical (unpaired) electrons. The molecular formula is C20H23N5O. The Labute approximate surface area is 153 Å². The van der Waals surface area contributed by atoms with Crippen molar-refractivity contribution in [3.63, 3.8) is 0 Å². The molecule has 0 atom stereocenters. The lowest BCUT2D eigenvalue weighted by atomic mass is 9.99. The summed E-state index contributed by atoms with van der Waals surface area (Å²) >= 11 is 0. The molecule has 6 nitrogen and oxygen atoms in total. The van der Waals surface area contributed by atoms with E-state index in [0.29, 0.717) is 36.5 Å². The maximum atomic E-state index is 12.1. The van der Waals surface area contributed by atoms with E-state index in [1.165, 1.54) is 6.42 Å². The summed E-state index contributed by atoms with van der Waals surface area (Å²) in [7, 11) is 0. The number of aromatic nitrogens is 2. The molecular weight excluding hydrogens is 326 g/mol. The largest absolute Gasteiger partial charge is 0.382 e. The third-order valence-corrected chi connectivity index (χ3v) is 4.56. The van der Waals surface area contributed by atoms with Gasteiger partial charge < -0.3 is 11.1 Å². The van der Waals surface area contributed by atoms with Crippen LogP contribution in [-0.4, -0.2) is 22.2 Å². The van der Waals surface area contributed by atoms with E-state index in [0.717, 1.165) is 30.5 Å². The fourth-order valence-corrected chi connectivity index (χ4v) is 3.16. The minimum atomic E-state index is 0.0273. The van der Waals surface area contributed by atoms with Crippen LogP contribution in [0.1, 0.15) is 43.4 Å². The van der Waals surface area contributed by atoms with Crippen molar-refractivity contribution in [2.45, 2.75) is 38.5 Å². The van der Waals surface area contributed by atoms with E-state index in [1.54, 1.807) is 4.68 Å². The van der Waals surface area contributed by atoms with Gasteiger partial charge in [-0.15, -0.1) is 0 Å². The number of amides is 1. The number of nitrogen functional groups attached to an aromatic ring is 1. The standard InChI is InChI=1S/C20H23N5O/c21-14-17-18(24-25(19(17)22)16-10-5-2-6-11-16)12-7-13-23-20(26)15-8-3-1-4-9-15/h2,5-6,8,10-11H,1,3-4,7,9,12-13,22H2,(H,23,26). The Morgan fingerprint density at radius 3 is 2.81 bits per heavy atom. The van der Waals surface area contributed by atoms with Gasteiger partial charge in [-0.2, -0.15) is 10.4 Å². The van der Waals surface area contributed by atoms with Gasteiger partial charge in [0.15, 0.2) is 0 Å². The number of nitrogens with zero attached hydrogens (tertiary/aromatic N) is 3. The fraction of sp³-hybridized carbons (Fsp3) is 0.350. The zero-order chi connectivity index (χ0) is 18.4. The molecule has 0 fully saturated rings. The number of carbonyl (C=O) groups excluding carboxylic acids is 1. The van der Waals surface area contributed by atoms with Crippen LogP contribution < -0.4 is 11.1 Å². The highest BCUT2D eigenvalue weighted by atomic mass is 16.1. The maximum absolute atomic E-state index is 12.1. The Morgan fingerprint density at radius 2 is 2.12 bits per heavy atom. The Hall–Kier alpha value is -3.07. The van der Waals surface area contributed by atoms with Gasteiger partial charge in [0, 0.05) is 12.1 Å². The van der Waals surface area contributed by atoms with Gasteiger partial charge >= 0.3 is 0 Å². The quantitative estimate of drug-likeness (QED) is 0.784. The molecule has 0 spiro atoms. The second-order valence-electron chi connectivity index (χ2n) is 6.40. The Balaban J connectivity index is 1.61. The number of allylic oxidation sites excluding steroid dienone is 1. The van der Waals surface area contributed by atoms with Crippen LogP contribution in [0.2, 0.25) is 0 Å². The lowest BCUT2D eigenvalue weighted by Crippen LogP contribution is -2.27. The molecule has 3 rings (SSSR count). The van der Waals surface area contributed by atoms with Gasteiger partial charge in [-0.25, -0.2) is 4.68 Å². The highest BCUT2D eigenvalue weighted by Crippen LogP contribution is 2.21. The molecule has 0 saturated carbocycles. The van der Waals surface area contributed by atoms with Gasteiger partial charge in [0.1, 0.15) is 17.5 Å². The van der Waals surface area contributed by atoms with Crippen LogP contribution in [0.5, 0.6) is 0 Å². The normalized spacial score (nSPS) is 13.7. The molecule has 2 aromatic rings. The molecule has 1 aliphatic carbocycles. The number of aryl methyl sites for hydroxylation is 1. The molecule has 6 heteroatoms. The topological polar surface area (TPSA) is 96.7 Å². The first kappa shape index (κ1) is 17.7. The lowest BCUT2D eigenvalue weighted by Gasteiger charge is -2.12. The summed E-state index contributed by atoms with van der Waals surface area (Å²) in [5.74, 6) is 0.379.